The topological polar surface area (TPSA) is 29.9 Å². The molecule has 1 N–H and O–H groups in total. The van der Waals surface area contributed by atoms with Crippen molar-refractivity contribution in [3.05, 3.63) is 45.0 Å². The Morgan fingerprint density at radius 2 is 2.22 bits per heavy atom. The summed E-state index contributed by atoms with van der Waals surface area (Å²) >= 11 is 8.43. The Balaban J connectivity index is 2.09. The molecule has 3 nitrogen and oxygen atoms in total. The molecule has 0 amide bonds. The van der Waals surface area contributed by atoms with Gasteiger partial charge in [0.1, 0.15) is 0 Å². The van der Waals surface area contributed by atoms with E-state index < -0.39 is 0 Å². The quantitative estimate of drug-likeness (QED) is 0.806. The zero-order valence-corrected chi connectivity index (χ0v) is 13.2. The highest BCUT2D eigenvalue weighted by atomic mass is 127. The van der Waals surface area contributed by atoms with E-state index in [-0.39, 0.29) is 0 Å². The predicted molar refractivity (Wildman–Crippen MR) is 84.1 cm³/mol. The summed E-state index contributed by atoms with van der Waals surface area (Å²) in [6.45, 7) is 5.00. The van der Waals surface area contributed by atoms with Crippen LogP contribution in [0.1, 0.15) is 25.6 Å². The molecular weight excluding hydrogens is 361 g/mol. The number of hydrogen-bond donors (Lipinski definition) is 1. The van der Waals surface area contributed by atoms with Crippen molar-refractivity contribution in [2.75, 3.05) is 5.32 Å². The molecule has 0 radical (unpaired) electrons. The summed E-state index contributed by atoms with van der Waals surface area (Å²) in [5, 5.41) is 4.09. The molecule has 0 aliphatic heterocycles. The summed E-state index contributed by atoms with van der Waals surface area (Å²) in [6, 6.07) is 6.40. The average Bonchev–Trinajstić information content (AvgIpc) is 2.76. The zero-order chi connectivity index (χ0) is 13.1. The van der Waals surface area contributed by atoms with Crippen LogP contribution in [-0.4, -0.2) is 9.55 Å². The third kappa shape index (κ3) is 3.17. The van der Waals surface area contributed by atoms with Gasteiger partial charge in [-0.2, -0.15) is 0 Å². The fourth-order valence-corrected chi connectivity index (χ4v) is 2.68. The first-order valence-electron chi connectivity index (χ1n) is 5.77. The minimum absolute atomic E-state index is 0.413. The van der Waals surface area contributed by atoms with Crippen LogP contribution in [0.2, 0.25) is 5.02 Å². The lowest BCUT2D eigenvalue weighted by Gasteiger charge is -2.13. The van der Waals surface area contributed by atoms with Crippen LogP contribution in [0.15, 0.2) is 30.7 Å². The smallest absolute Gasteiger partial charge is 0.0951 e. The lowest BCUT2D eigenvalue weighted by molar-refractivity contribution is 0.577. The van der Waals surface area contributed by atoms with Gasteiger partial charge in [-0.05, 0) is 54.6 Å². The molecule has 18 heavy (non-hydrogen) atoms. The van der Waals surface area contributed by atoms with Gasteiger partial charge in [0, 0.05) is 15.8 Å². The number of nitrogens with zero attached hydrogens (tertiary/aromatic N) is 2. The first-order chi connectivity index (χ1) is 8.58. The third-order valence-corrected chi connectivity index (χ3v) is 3.68. The van der Waals surface area contributed by atoms with Crippen molar-refractivity contribution in [2.24, 2.45) is 0 Å². The maximum Gasteiger partial charge on any atom is 0.0951 e. The average molecular weight is 376 g/mol. The van der Waals surface area contributed by atoms with Crippen LogP contribution in [0.5, 0.6) is 0 Å². The number of anilines is 1. The van der Waals surface area contributed by atoms with Crippen LogP contribution >= 0.6 is 34.2 Å². The van der Waals surface area contributed by atoms with Gasteiger partial charge in [0.25, 0.3) is 0 Å². The van der Waals surface area contributed by atoms with Crippen molar-refractivity contribution >= 4 is 39.9 Å². The van der Waals surface area contributed by atoms with Gasteiger partial charge in [-0.15, -0.1) is 0 Å². The van der Waals surface area contributed by atoms with Crippen LogP contribution in [0.4, 0.5) is 5.69 Å². The third-order valence-electron chi connectivity index (χ3n) is 2.69. The molecule has 0 aliphatic carbocycles. The molecular formula is C13H15ClIN3. The van der Waals surface area contributed by atoms with Gasteiger partial charge in [0.15, 0.2) is 0 Å². The van der Waals surface area contributed by atoms with E-state index in [4.69, 9.17) is 11.6 Å². The molecule has 96 valence electrons. The van der Waals surface area contributed by atoms with Gasteiger partial charge in [-0.1, -0.05) is 11.6 Å². The Hall–Kier alpha value is -0.750. The number of halogens is 2. The molecule has 1 aromatic heterocycles. The molecule has 5 heteroatoms. The van der Waals surface area contributed by atoms with E-state index in [9.17, 15) is 0 Å². The number of benzene rings is 1. The summed E-state index contributed by atoms with van der Waals surface area (Å²) < 4.78 is 3.28. The standard InChI is InChI=1S/C13H15ClIN3/c1-9(2)18-8-16-6-11(18)7-17-13-4-3-10(15)5-12(13)14/h3-6,8-9,17H,7H2,1-2H3. The Kier molecular flexibility index (Phi) is 4.50. The van der Waals surface area contributed by atoms with Crippen molar-refractivity contribution in [1.29, 1.82) is 0 Å². The Morgan fingerprint density at radius 3 is 2.89 bits per heavy atom. The lowest BCUT2D eigenvalue weighted by atomic mass is 10.3. The molecule has 0 aliphatic rings. The van der Waals surface area contributed by atoms with Crippen LogP contribution in [0.25, 0.3) is 0 Å². The molecule has 1 heterocycles. The Morgan fingerprint density at radius 1 is 1.44 bits per heavy atom. The van der Waals surface area contributed by atoms with E-state index in [2.05, 4.69) is 51.3 Å². The monoisotopic (exact) mass is 375 g/mol. The number of rotatable bonds is 4. The summed E-state index contributed by atoms with van der Waals surface area (Å²) in [4.78, 5) is 4.18. The summed E-state index contributed by atoms with van der Waals surface area (Å²) in [5.41, 5.74) is 2.10. The molecule has 0 saturated heterocycles. The van der Waals surface area contributed by atoms with Gasteiger partial charge < -0.3 is 9.88 Å². The van der Waals surface area contributed by atoms with E-state index in [1.807, 2.05) is 30.7 Å². The van der Waals surface area contributed by atoms with E-state index in [0.29, 0.717) is 6.04 Å². The molecule has 1 aromatic carbocycles. The summed E-state index contributed by atoms with van der Waals surface area (Å²) in [7, 11) is 0. The highest BCUT2D eigenvalue weighted by Gasteiger charge is 2.06. The fourth-order valence-electron chi connectivity index (χ4n) is 1.75. The maximum absolute atomic E-state index is 6.18. The van der Waals surface area contributed by atoms with E-state index in [0.717, 1.165) is 26.5 Å². The van der Waals surface area contributed by atoms with Gasteiger partial charge in [-0.25, -0.2) is 4.98 Å². The normalized spacial score (nSPS) is 10.9. The van der Waals surface area contributed by atoms with Gasteiger partial charge in [0.05, 0.1) is 29.3 Å². The van der Waals surface area contributed by atoms with Crippen molar-refractivity contribution in [3.8, 4) is 0 Å². The molecule has 0 bridgehead atoms. The van der Waals surface area contributed by atoms with Gasteiger partial charge in [0.2, 0.25) is 0 Å². The fraction of sp³-hybridized carbons (Fsp3) is 0.308. The maximum atomic E-state index is 6.18. The van der Waals surface area contributed by atoms with E-state index in [1.54, 1.807) is 0 Å². The molecule has 0 fully saturated rings. The first kappa shape index (κ1) is 13.7. The summed E-state index contributed by atoms with van der Waals surface area (Å²) in [5.74, 6) is 0. The molecule has 0 atom stereocenters. The van der Waals surface area contributed by atoms with E-state index >= 15 is 0 Å². The minimum atomic E-state index is 0.413. The number of nitrogens with one attached hydrogen (secondary N) is 1. The molecule has 0 unspecified atom stereocenters. The molecule has 2 rings (SSSR count). The van der Waals surface area contributed by atoms with Gasteiger partial charge >= 0.3 is 0 Å². The Bertz CT molecular complexity index is 537. The summed E-state index contributed by atoms with van der Waals surface area (Å²) in [6.07, 6.45) is 3.74. The number of aromatic nitrogens is 2. The largest absolute Gasteiger partial charge is 0.378 e. The highest BCUT2D eigenvalue weighted by molar-refractivity contribution is 14.1. The van der Waals surface area contributed by atoms with Crippen molar-refractivity contribution in [3.63, 3.8) is 0 Å². The van der Waals surface area contributed by atoms with E-state index in [1.165, 1.54) is 0 Å². The second-order valence-electron chi connectivity index (χ2n) is 4.36. The number of hydrogen-bond acceptors (Lipinski definition) is 2. The van der Waals surface area contributed by atoms with Crippen LogP contribution in [-0.2, 0) is 6.54 Å². The SMILES string of the molecule is CC(C)n1cncc1CNc1ccc(I)cc1Cl. The van der Waals surface area contributed by atoms with Crippen molar-refractivity contribution in [2.45, 2.75) is 26.4 Å². The molecule has 0 spiro atoms. The number of imidazole rings is 1. The van der Waals surface area contributed by atoms with Gasteiger partial charge in [-0.3, -0.25) is 0 Å². The Labute approximate surface area is 126 Å². The zero-order valence-electron chi connectivity index (χ0n) is 10.3. The highest BCUT2D eigenvalue weighted by Crippen LogP contribution is 2.24. The van der Waals surface area contributed by atoms with Crippen molar-refractivity contribution < 1.29 is 0 Å². The first-order valence-corrected chi connectivity index (χ1v) is 7.23. The second-order valence-corrected chi connectivity index (χ2v) is 6.02. The molecule has 0 saturated carbocycles. The minimum Gasteiger partial charge on any atom is -0.378 e. The molecule has 2 aromatic rings. The van der Waals surface area contributed by atoms with Crippen LogP contribution in [0, 0.1) is 3.57 Å². The van der Waals surface area contributed by atoms with Crippen LogP contribution < -0.4 is 5.32 Å². The van der Waals surface area contributed by atoms with Crippen LogP contribution in [0.3, 0.4) is 0 Å². The lowest BCUT2D eigenvalue weighted by Crippen LogP contribution is -2.09. The predicted octanol–water partition coefficient (Wildman–Crippen LogP) is 4.33. The second kappa shape index (κ2) is 5.93. The van der Waals surface area contributed by atoms with Crippen molar-refractivity contribution in [1.82, 2.24) is 9.55 Å².